The summed E-state index contributed by atoms with van der Waals surface area (Å²) in [6.45, 7) is 8.46. The number of sulfonamides is 1. The first-order chi connectivity index (χ1) is 11.0. The Balaban J connectivity index is 1.74. The van der Waals surface area contributed by atoms with Crippen molar-refractivity contribution in [2.75, 3.05) is 36.7 Å². The SMILES string of the molecule is CCS(=O)(=O)Nc1ccc([C@@H](C)NCCCN2CCCC2)cc1. The van der Waals surface area contributed by atoms with Crippen molar-refractivity contribution in [3.05, 3.63) is 29.8 Å². The predicted octanol–water partition coefficient (Wildman–Crippen LogP) is 2.58. The van der Waals surface area contributed by atoms with Gasteiger partial charge in [-0.2, -0.15) is 0 Å². The number of nitrogens with one attached hydrogen (secondary N) is 2. The third-order valence-electron chi connectivity index (χ3n) is 4.36. The molecular weight excluding hydrogens is 310 g/mol. The smallest absolute Gasteiger partial charge is 0.232 e. The summed E-state index contributed by atoms with van der Waals surface area (Å²) in [7, 11) is -3.20. The Morgan fingerprint density at radius 1 is 1.17 bits per heavy atom. The highest BCUT2D eigenvalue weighted by molar-refractivity contribution is 7.92. The summed E-state index contributed by atoms with van der Waals surface area (Å²) in [6, 6.07) is 7.87. The number of nitrogens with zero attached hydrogens (tertiary/aromatic N) is 1. The van der Waals surface area contributed by atoms with Crippen LogP contribution in [0.1, 0.15) is 44.7 Å². The molecule has 1 fully saturated rings. The van der Waals surface area contributed by atoms with Gasteiger partial charge in [0.05, 0.1) is 5.75 Å². The van der Waals surface area contributed by atoms with Crippen molar-refractivity contribution in [1.82, 2.24) is 10.2 Å². The average molecular weight is 340 g/mol. The first-order valence-corrected chi connectivity index (χ1v) is 10.2. The minimum Gasteiger partial charge on any atom is -0.310 e. The van der Waals surface area contributed by atoms with Crippen LogP contribution in [0.3, 0.4) is 0 Å². The third-order valence-corrected chi connectivity index (χ3v) is 5.67. The number of benzene rings is 1. The fourth-order valence-corrected chi connectivity index (χ4v) is 3.48. The molecule has 1 aromatic carbocycles. The summed E-state index contributed by atoms with van der Waals surface area (Å²) in [5, 5.41) is 3.54. The van der Waals surface area contributed by atoms with Crippen molar-refractivity contribution in [1.29, 1.82) is 0 Å². The van der Waals surface area contributed by atoms with Crippen LogP contribution in [0.5, 0.6) is 0 Å². The van der Waals surface area contributed by atoms with Crippen molar-refractivity contribution in [3.63, 3.8) is 0 Å². The molecule has 1 heterocycles. The molecule has 0 radical (unpaired) electrons. The van der Waals surface area contributed by atoms with Gasteiger partial charge in [-0.25, -0.2) is 8.42 Å². The van der Waals surface area contributed by atoms with Gasteiger partial charge in [-0.05, 0) is 77.0 Å². The number of likely N-dealkylation sites (tertiary alicyclic amines) is 1. The summed E-state index contributed by atoms with van der Waals surface area (Å²) in [4.78, 5) is 2.53. The Labute approximate surface area is 140 Å². The van der Waals surface area contributed by atoms with Gasteiger partial charge in [0, 0.05) is 11.7 Å². The maximum absolute atomic E-state index is 11.5. The molecular formula is C17H29N3O2S. The monoisotopic (exact) mass is 339 g/mol. The second-order valence-corrected chi connectivity index (χ2v) is 8.22. The number of hydrogen-bond donors (Lipinski definition) is 2. The molecule has 0 spiro atoms. The molecule has 2 N–H and O–H groups in total. The molecule has 6 heteroatoms. The van der Waals surface area contributed by atoms with Crippen LogP contribution in [0.4, 0.5) is 5.69 Å². The van der Waals surface area contributed by atoms with E-state index in [0.717, 1.165) is 6.54 Å². The summed E-state index contributed by atoms with van der Waals surface area (Å²) >= 11 is 0. The quantitative estimate of drug-likeness (QED) is 0.679. The van der Waals surface area contributed by atoms with Gasteiger partial charge in [0.25, 0.3) is 0 Å². The van der Waals surface area contributed by atoms with Gasteiger partial charge >= 0.3 is 0 Å². The molecule has 1 aliphatic rings. The second kappa shape index (κ2) is 8.66. The Morgan fingerprint density at radius 2 is 1.83 bits per heavy atom. The zero-order chi connectivity index (χ0) is 16.7. The fraction of sp³-hybridized carbons (Fsp3) is 0.647. The number of rotatable bonds is 9. The van der Waals surface area contributed by atoms with Crippen LogP contribution in [0.15, 0.2) is 24.3 Å². The average Bonchev–Trinajstić information content (AvgIpc) is 3.05. The van der Waals surface area contributed by atoms with E-state index in [1.807, 2.05) is 24.3 Å². The zero-order valence-electron chi connectivity index (χ0n) is 14.2. The van der Waals surface area contributed by atoms with E-state index in [1.54, 1.807) is 6.92 Å². The Morgan fingerprint density at radius 3 is 2.43 bits per heavy atom. The highest BCUT2D eigenvalue weighted by Gasteiger charge is 2.11. The molecule has 5 nitrogen and oxygen atoms in total. The third kappa shape index (κ3) is 6.12. The van der Waals surface area contributed by atoms with Crippen LogP contribution in [-0.2, 0) is 10.0 Å². The lowest BCUT2D eigenvalue weighted by Gasteiger charge is -2.17. The van der Waals surface area contributed by atoms with Gasteiger partial charge in [0.15, 0.2) is 0 Å². The van der Waals surface area contributed by atoms with Crippen molar-refractivity contribution in [2.45, 2.75) is 39.2 Å². The van der Waals surface area contributed by atoms with E-state index in [-0.39, 0.29) is 11.8 Å². The van der Waals surface area contributed by atoms with Crippen molar-refractivity contribution < 1.29 is 8.42 Å². The molecule has 0 amide bonds. The molecule has 1 aliphatic heterocycles. The second-order valence-electron chi connectivity index (χ2n) is 6.21. The highest BCUT2D eigenvalue weighted by Crippen LogP contribution is 2.17. The predicted molar refractivity (Wildman–Crippen MR) is 96.2 cm³/mol. The molecule has 130 valence electrons. The van der Waals surface area contributed by atoms with Crippen molar-refractivity contribution in [2.24, 2.45) is 0 Å². The highest BCUT2D eigenvalue weighted by atomic mass is 32.2. The number of hydrogen-bond acceptors (Lipinski definition) is 4. The maximum Gasteiger partial charge on any atom is 0.232 e. The maximum atomic E-state index is 11.5. The van der Waals surface area contributed by atoms with Gasteiger partial charge in [-0.15, -0.1) is 0 Å². The first-order valence-electron chi connectivity index (χ1n) is 8.56. The molecule has 0 bridgehead atoms. The minimum atomic E-state index is -3.20. The van der Waals surface area contributed by atoms with Crippen LogP contribution in [0.25, 0.3) is 0 Å². The zero-order valence-corrected chi connectivity index (χ0v) is 15.0. The van der Waals surface area contributed by atoms with Crippen LogP contribution < -0.4 is 10.0 Å². The first kappa shape index (κ1) is 18.2. The molecule has 1 atom stereocenters. The molecule has 0 saturated carbocycles. The molecule has 0 unspecified atom stereocenters. The van der Waals surface area contributed by atoms with E-state index in [9.17, 15) is 8.42 Å². The molecule has 1 saturated heterocycles. The standard InChI is InChI=1S/C17H29N3O2S/c1-3-23(21,22)19-17-9-7-16(8-10-17)15(2)18-11-6-14-20-12-4-5-13-20/h7-10,15,18-19H,3-6,11-14H2,1-2H3/t15-/m1/s1. The summed E-state index contributed by atoms with van der Waals surface area (Å²) in [6.07, 6.45) is 3.86. The normalized spacial score (nSPS) is 17.3. The van der Waals surface area contributed by atoms with Crippen molar-refractivity contribution >= 4 is 15.7 Å². The van der Waals surface area contributed by atoms with Gasteiger partial charge < -0.3 is 10.2 Å². The summed E-state index contributed by atoms with van der Waals surface area (Å²) < 4.78 is 25.7. The summed E-state index contributed by atoms with van der Waals surface area (Å²) in [5.41, 5.74) is 1.79. The van der Waals surface area contributed by atoms with E-state index in [0.29, 0.717) is 5.69 Å². The topological polar surface area (TPSA) is 61.4 Å². The van der Waals surface area contributed by atoms with Gasteiger partial charge in [0.2, 0.25) is 10.0 Å². The van der Waals surface area contributed by atoms with Crippen molar-refractivity contribution in [3.8, 4) is 0 Å². The van der Waals surface area contributed by atoms with E-state index in [2.05, 4.69) is 21.9 Å². The van der Waals surface area contributed by atoms with Gasteiger partial charge in [0.1, 0.15) is 0 Å². The minimum absolute atomic E-state index is 0.0870. The van der Waals surface area contributed by atoms with Crippen LogP contribution in [0, 0.1) is 0 Å². The lowest BCUT2D eigenvalue weighted by Crippen LogP contribution is -2.26. The lowest BCUT2D eigenvalue weighted by molar-refractivity contribution is 0.328. The van der Waals surface area contributed by atoms with Crippen LogP contribution >= 0.6 is 0 Å². The molecule has 0 aromatic heterocycles. The van der Waals surface area contributed by atoms with Crippen LogP contribution in [-0.4, -0.2) is 45.2 Å². The number of anilines is 1. The Hall–Kier alpha value is -1.11. The van der Waals surface area contributed by atoms with Gasteiger partial charge in [-0.1, -0.05) is 12.1 Å². The van der Waals surface area contributed by atoms with E-state index < -0.39 is 10.0 Å². The van der Waals surface area contributed by atoms with Gasteiger partial charge in [-0.3, -0.25) is 4.72 Å². The molecule has 1 aromatic rings. The largest absolute Gasteiger partial charge is 0.310 e. The summed E-state index contributed by atoms with van der Waals surface area (Å²) in [5.74, 6) is 0.0870. The molecule has 0 aliphatic carbocycles. The molecule has 2 rings (SSSR count). The fourth-order valence-electron chi connectivity index (χ4n) is 2.84. The lowest BCUT2D eigenvalue weighted by atomic mass is 10.1. The Bertz CT molecular complexity index is 566. The van der Waals surface area contributed by atoms with Crippen LogP contribution in [0.2, 0.25) is 0 Å². The molecule has 23 heavy (non-hydrogen) atoms. The van der Waals surface area contributed by atoms with E-state index >= 15 is 0 Å². The van der Waals surface area contributed by atoms with E-state index in [1.165, 1.54) is 44.5 Å². The van der Waals surface area contributed by atoms with E-state index in [4.69, 9.17) is 0 Å². The Kier molecular flexibility index (Phi) is 6.87.